The number of nitro benzene ring substituents is 1. The first-order chi connectivity index (χ1) is 20.0. The molecule has 3 aliphatic heterocycles. The van der Waals surface area contributed by atoms with Gasteiger partial charge in [0.05, 0.1) is 33.9 Å². The number of pyridine rings is 1. The molecule has 226 valence electrons. The van der Waals surface area contributed by atoms with Gasteiger partial charge in [-0.25, -0.2) is 0 Å². The number of nitro groups is 1. The topological polar surface area (TPSA) is 142 Å². The molecule has 1 aromatic carbocycles. The molecule has 3 aliphatic rings. The average molecular weight is 652 g/mol. The van der Waals surface area contributed by atoms with Crippen molar-refractivity contribution in [2.24, 2.45) is 0 Å². The van der Waals surface area contributed by atoms with Crippen molar-refractivity contribution < 1.29 is 28.0 Å². The summed E-state index contributed by atoms with van der Waals surface area (Å²) in [6.45, 7) is 0.793. The molecule has 5 rings (SSSR count). The molecule has 0 radical (unpaired) electrons. The van der Waals surface area contributed by atoms with Crippen LogP contribution in [0.15, 0.2) is 35.1 Å². The molecule has 2 aromatic rings. The lowest BCUT2D eigenvalue weighted by atomic mass is 9.89. The van der Waals surface area contributed by atoms with E-state index in [4.69, 9.17) is 4.74 Å². The zero-order valence-electron chi connectivity index (χ0n) is 23.0. The predicted molar refractivity (Wildman–Crippen MR) is 154 cm³/mol. The highest BCUT2D eigenvalue weighted by molar-refractivity contribution is 9.10. The van der Waals surface area contributed by atoms with Crippen LogP contribution in [0.1, 0.15) is 46.4 Å². The number of nitrogens with zero attached hydrogens (tertiary/aromatic N) is 4. The third-order valence-electron chi connectivity index (χ3n) is 7.95. The fourth-order valence-corrected chi connectivity index (χ4v) is 6.25. The van der Waals surface area contributed by atoms with Crippen molar-refractivity contribution in [1.82, 2.24) is 20.1 Å². The first-order valence-corrected chi connectivity index (χ1v) is 14.5. The van der Waals surface area contributed by atoms with E-state index in [-0.39, 0.29) is 67.9 Å². The summed E-state index contributed by atoms with van der Waals surface area (Å²) >= 11 is 3.29. The van der Waals surface area contributed by atoms with Gasteiger partial charge in [-0.05, 0) is 37.8 Å². The molecule has 15 heteroatoms. The number of piperidine rings is 2. The fraction of sp³-hybridized carbons (Fsp3) is 0.519. The minimum absolute atomic E-state index is 0.0637. The number of carbonyl (C=O) groups is 2. The zero-order valence-corrected chi connectivity index (χ0v) is 24.6. The van der Waals surface area contributed by atoms with E-state index in [1.807, 2.05) is 0 Å². The summed E-state index contributed by atoms with van der Waals surface area (Å²) in [5.74, 6) is -0.661. The van der Waals surface area contributed by atoms with Gasteiger partial charge in [0.1, 0.15) is 5.69 Å². The van der Waals surface area contributed by atoms with Gasteiger partial charge in [-0.3, -0.25) is 24.7 Å². The molecule has 4 heterocycles. The fourth-order valence-electron chi connectivity index (χ4n) is 5.81. The van der Waals surface area contributed by atoms with E-state index < -0.39 is 29.1 Å². The lowest BCUT2D eigenvalue weighted by Crippen LogP contribution is -2.61. The Morgan fingerprint density at radius 1 is 1.14 bits per heavy atom. The molecule has 0 unspecified atom stereocenters. The second-order valence-corrected chi connectivity index (χ2v) is 11.8. The Labute approximate surface area is 249 Å². The smallest absolute Gasteiger partial charge is 0.368 e. The van der Waals surface area contributed by atoms with Crippen molar-refractivity contribution in [3.63, 3.8) is 0 Å². The van der Waals surface area contributed by atoms with Gasteiger partial charge in [-0.2, -0.15) is 8.78 Å². The van der Waals surface area contributed by atoms with Crippen LogP contribution in [0, 0.1) is 10.1 Å². The minimum Gasteiger partial charge on any atom is -0.387 e. The second kappa shape index (κ2) is 12.1. The normalized spacial score (nSPS) is 21.6. The average Bonchev–Trinajstić information content (AvgIpc) is 2.97. The maximum atomic E-state index is 13.9. The van der Waals surface area contributed by atoms with Gasteiger partial charge in [0.2, 0.25) is 0 Å². The van der Waals surface area contributed by atoms with Gasteiger partial charge >= 0.3 is 6.11 Å². The lowest BCUT2D eigenvalue weighted by molar-refractivity contribution is -0.384. The molecule has 3 saturated heterocycles. The Bertz CT molecular complexity index is 1370. The highest BCUT2D eigenvalue weighted by Gasteiger charge is 2.48. The number of hydrogen-bond donors (Lipinski definition) is 3. The second-order valence-electron chi connectivity index (χ2n) is 10.9. The van der Waals surface area contributed by atoms with E-state index in [9.17, 15) is 28.5 Å². The number of amides is 2. The summed E-state index contributed by atoms with van der Waals surface area (Å²) in [6.07, 6.45) is 1.50. The molecule has 42 heavy (non-hydrogen) atoms. The van der Waals surface area contributed by atoms with E-state index in [1.54, 1.807) is 24.2 Å². The van der Waals surface area contributed by atoms with Gasteiger partial charge in [0, 0.05) is 68.7 Å². The monoisotopic (exact) mass is 651 g/mol. The number of carbonyl (C=O) groups excluding carboxylic acids is 2. The Hall–Kier alpha value is -3.43. The summed E-state index contributed by atoms with van der Waals surface area (Å²) in [5, 5.41) is 21.0. The number of rotatable bonds is 6. The Balaban J connectivity index is 1.35. The maximum Gasteiger partial charge on any atom is 0.368 e. The van der Waals surface area contributed by atoms with E-state index in [2.05, 4.69) is 36.9 Å². The van der Waals surface area contributed by atoms with Crippen molar-refractivity contribution in [3.8, 4) is 0 Å². The van der Waals surface area contributed by atoms with Crippen LogP contribution in [0.4, 0.5) is 25.8 Å². The van der Waals surface area contributed by atoms with Gasteiger partial charge < -0.3 is 30.5 Å². The van der Waals surface area contributed by atoms with Crippen molar-refractivity contribution in [1.29, 1.82) is 0 Å². The third-order valence-corrected chi connectivity index (χ3v) is 8.40. The summed E-state index contributed by atoms with van der Waals surface area (Å²) in [6, 6.07) is 4.20. The SMILES string of the molecule is CNc1cncc(C(=O)N2CCC[C@@H](Nc3c(C(=O)N4CCC5(CC4)CNCC(F)(F)O5)cc(Br)cc3[N+](=O)[O-])C2)c1. The molecule has 1 atom stereocenters. The van der Waals surface area contributed by atoms with Crippen LogP contribution in [0.25, 0.3) is 0 Å². The van der Waals surface area contributed by atoms with Crippen LogP contribution >= 0.6 is 15.9 Å². The largest absolute Gasteiger partial charge is 0.387 e. The van der Waals surface area contributed by atoms with Gasteiger partial charge in [0.25, 0.3) is 17.5 Å². The van der Waals surface area contributed by atoms with Crippen molar-refractivity contribution in [2.75, 3.05) is 56.9 Å². The van der Waals surface area contributed by atoms with Gasteiger partial charge in [-0.1, -0.05) is 15.9 Å². The number of alkyl halides is 2. The number of aromatic nitrogens is 1. The highest BCUT2D eigenvalue weighted by atomic mass is 79.9. The molecule has 0 aliphatic carbocycles. The van der Waals surface area contributed by atoms with Crippen LogP contribution < -0.4 is 16.0 Å². The molecule has 0 saturated carbocycles. The number of ether oxygens (including phenoxy) is 1. The summed E-state index contributed by atoms with van der Waals surface area (Å²) < 4.78 is 33.3. The van der Waals surface area contributed by atoms with E-state index >= 15 is 0 Å². The number of hydrogen-bond acceptors (Lipinski definition) is 9. The van der Waals surface area contributed by atoms with Crippen molar-refractivity contribution in [2.45, 2.75) is 43.4 Å². The highest BCUT2D eigenvalue weighted by Crippen LogP contribution is 2.38. The molecule has 2 amide bonds. The van der Waals surface area contributed by atoms with E-state index in [0.29, 0.717) is 35.1 Å². The third kappa shape index (κ3) is 6.47. The van der Waals surface area contributed by atoms with Gasteiger partial charge in [-0.15, -0.1) is 0 Å². The molecule has 3 N–H and O–H groups in total. The van der Waals surface area contributed by atoms with Crippen LogP contribution in [0.2, 0.25) is 0 Å². The quantitative estimate of drug-likeness (QED) is 0.315. The number of benzene rings is 1. The number of morpholine rings is 1. The van der Waals surface area contributed by atoms with Gasteiger partial charge in [0.15, 0.2) is 0 Å². The molecular formula is C27H32BrF2N7O5. The Morgan fingerprint density at radius 2 is 1.90 bits per heavy atom. The molecule has 12 nitrogen and oxygen atoms in total. The molecule has 3 fully saturated rings. The summed E-state index contributed by atoms with van der Waals surface area (Å²) in [5.41, 5.74) is -0.0859. The molecule has 0 bridgehead atoms. The minimum atomic E-state index is -3.28. The molecule has 1 aromatic heterocycles. The predicted octanol–water partition coefficient (Wildman–Crippen LogP) is 3.70. The first kappa shape index (κ1) is 30.0. The van der Waals surface area contributed by atoms with E-state index in [0.717, 1.165) is 0 Å². The zero-order chi connectivity index (χ0) is 30.1. The maximum absolute atomic E-state index is 13.9. The first-order valence-electron chi connectivity index (χ1n) is 13.7. The van der Waals surface area contributed by atoms with Crippen LogP contribution in [-0.4, -0.2) is 95.6 Å². The molecule has 1 spiro atoms. The Morgan fingerprint density at radius 3 is 2.60 bits per heavy atom. The standard InChI is InChI=1S/C27H32BrF2N7O5/c1-31-20-9-17(12-32-13-20)24(38)36-6-2-3-19(14-36)34-23-21(10-18(28)11-22(23)37(40)41)25(39)35-7-4-26(5-8-35)15-33-16-27(29,30)42-26/h9-13,19,31,33-34H,2-8,14-16H2,1H3/t19-/m1/s1. The number of nitrogens with one attached hydrogen (secondary N) is 3. The van der Waals surface area contributed by atoms with Crippen LogP contribution in [-0.2, 0) is 4.74 Å². The lowest BCUT2D eigenvalue weighted by Gasteiger charge is -2.46. The number of halogens is 3. The number of anilines is 2. The Kier molecular flexibility index (Phi) is 8.62. The molecular weight excluding hydrogens is 620 g/mol. The van der Waals surface area contributed by atoms with Crippen molar-refractivity contribution in [3.05, 3.63) is 56.3 Å². The summed E-state index contributed by atoms with van der Waals surface area (Å²) in [7, 11) is 1.73. The number of likely N-dealkylation sites (tertiary alicyclic amines) is 2. The van der Waals surface area contributed by atoms with E-state index in [1.165, 1.54) is 23.2 Å². The van der Waals surface area contributed by atoms with Crippen LogP contribution in [0.3, 0.4) is 0 Å². The van der Waals surface area contributed by atoms with Crippen LogP contribution in [0.5, 0.6) is 0 Å². The van der Waals surface area contributed by atoms with Crippen molar-refractivity contribution >= 4 is 44.8 Å². The summed E-state index contributed by atoms with van der Waals surface area (Å²) in [4.78, 5) is 45.8.